The summed E-state index contributed by atoms with van der Waals surface area (Å²) in [6.07, 6.45) is 4.42. The third-order valence-electron chi connectivity index (χ3n) is 4.61. The molecule has 4 heteroatoms. The van der Waals surface area contributed by atoms with Gasteiger partial charge in [0.05, 0.1) is 0 Å². The van der Waals surface area contributed by atoms with E-state index in [2.05, 4.69) is 5.32 Å². The predicted molar refractivity (Wildman–Crippen MR) is 75.6 cm³/mol. The molecular formula is C16H21NO3. The van der Waals surface area contributed by atoms with Crippen LogP contribution in [0.15, 0.2) is 30.3 Å². The molecule has 1 saturated carbocycles. The molecule has 1 aromatic carbocycles. The van der Waals surface area contributed by atoms with Crippen molar-refractivity contribution in [2.24, 2.45) is 5.41 Å². The molecular weight excluding hydrogens is 254 g/mol. The molecule has 4 nitrogen and oxygen atoms in total. The molecule has 3 rings (SSSR count). The number of nitrogens with one attached hydrogen (secondary N) is 1. The summed E-state index contributed by atoms with van der Waals surface area (Å²) < 4.78 is 10.9. The van der Waals surface area contributed by atoms with Crippen LogP contribution in [0.3, 0.4) is 0 Å². The van der Waals surface area contributed by atoms with E-state index in [-0.39, 0.29) is 12.5 Å². The Kier molecular flexibility index (Phi) is 3.92. The van der Waals surface area contributed by atoms with Gasteiger partial charge in [0.25, 0.3) is 5.91 Å². The van der Waals surface area contributed by atoms with Gasteiger partial charge in [0.2, 0.25) is 0 Å². The van der Waals surface area contributed by atoms with Crippen LogP contribution in [-0.2, 0) is 9.53 Å². The molecule has 2 fully saturated rings. The van der Waals surface area contributed by atoms with Crippen molar-refractivity contribution in [1.29, 1.82) is 0 Å². The summed E-state index contributed by atoms with van der Waals surface area (Å²) in [7, 11) is 0. The van der Waals surface area contributed by atoms with Crippen LogP contribution in [0, 0.1) is 5.41 Å². The van der Waals surface area contributed by atoms with Crippen LogP contribution in [0.1, 0.15) is 25.7 Å². The minimum atomic E-state index is -0.0237. The highest BCUT2D eigenvalue weighted by Gasteiger charge is 2.47. The Hall–Kier alpha value is -1.55. The summed E-state index contributed by atoms with van der Waals surface area (Å²) in [5.41, 5.74) is 0.292. The number of para-hydroxylation sites is 1. The van der Waals surface area contributed by atoms with Gasteiger partial charge in [-0.15, -0.1) is 0 Å². The highest BCUT2D eigenvalue weighted by atomic mass is 16.5. The molecule has 1 heterocycles. The largest absolute Gasteiger partial charge is 0.484 e. The van der Waals surface area contributed by atoms with Gasteiger partial charge in [-0.25, -0.2) is 0 Å². The van der Waals surface area contributed by atoms with E-state index >= 15 is 0 Å². The zero-order valence-corrected chi connectivity index (χ0v) is 11.6. The van der Waals surface area contributed by atoms with E-state index in [0.29, 0.717) is 11.5 Å². The minimum Gasteiger partial charge on any atom is -0.484 e. The van der Waals surface area contributed by atoms with Crippen molar-refractivity contribution in [2.45, 2.75) is 31.7 Å². The number of hydrogen-bond acceptors (Lipinski definition) is 3. The number of benzene rings is 1. The van der Waals surface area contributed by atoms with Crippen LogP contribution in [0.25, 0.3) is 0 Å². The maximum Gasteiger partial charge on any atom is 0.258 e. The molecule has 1 saturated heterocycles. The molecule has 20 heavy (non-hydrogen) atoms. The molecule has 1 aliphatic heterocycles. The van der Waals surface area contributed by atoms with Crippen molar-refractivity contribution >= 4 is 5.91 Å². The standard InChI is InChI=1S/C16H21NO3/c18-15(12-20-13-4-2-1-3-5-13)17-14-6-7-16(14)8-10-19-11-9-16/h1-5,14H,6-12H2,(H,17,18). The first-order valence-electron chi connectivity index (χ1n) is 7.33. The third kappa shape index (κ3) is 2.80. The fourth-order valence-electron chi connectivity index (χ4n) is 3.20. The number of rotatable bonds is 4. The Morgan fingerprint density at radius 2 is 2.00 bits per heavy atom. The van der Waals surface area contributed by atoms with Crippen molar-refractivity contribution in [2.75, 3.05) is 19.8 Å². The second-order valence-electron chi connectivity index (χ2n) is 5.74. The summed E-state index contributed by atoms with van der Waals surface area (Å²) in [6, 6.07) is 9.74. The molecule has 0 bridgehead atoms. The molecule has 1 spiro atoms. The molecule has 0 radical (unpaired) electrons. The van der Waals surface area contributed by atoms with Gasteiger partial charge in [-0.3, -0.25) is 4.79 Å². The first kappa shape index (κ1) is 13.4. The molecule has 1 atom stereocenters. The summed E-state index contributed by atoms with van der Waals surface area (Å²) in [6.45, 7) is 1.74. The lowest BCUT2D eigenvalue weighted by Gasteiger charge is -2.52. The van der Waals surface area contributed by atoms with Gasteiger partial charge in [0.1, 0.15) is 5.75 Å². The molecule has 0 aromatic heterocycles. The van der Waals surface area contributed by atoms with Crippen LogP contribution in [-0.4, -0.2) is 31.8 Å². The molecule has 1 N–H and O–H groups in total. The zero-order valence-electron chi connectivity index (χ0n) is 11.6. The Labute approximate surface area is 119 Å². The van der Waals surface area contributed by atoms with Crippen molar-refractivity contribution in [3.63, 3.8) is 0 Å². The third-order valence-corrected chi connectivity index (χ3v) is 4.61. The second kappa shape index (κ2) is 5.83. The first-order valence-corrected chi connectivity index (χ1v) is 7.33. The number of ether oxygens (including phenoxy) is 2. The van der Waals surface area contributed by atoms with Crippen LogP contribution in [0.5, 0.6) is 5.75 Å². The Morgan fingerprint density at radius 1 is 1.25 bits per heavy atom. The normalized spacial score (nSPS) is 23.9. The topological polar surface area (TPSA) is 47.6 Å². The Morgan fingerprint density at radius 3 is 2.65 bits per heavy atom. The fourth-order valence-corrected chi connectivity index (χ4v) is 3.20. The number of hydrogen-bond donors (Lipinski definition) is 1. The van der Waals surface area contributed by atoms with E-state index in [1.165, 1.54) is 6.42 Å². The van der Waals surface area contributed by atoms with E-state index in [9.17, 15) is 4.79 Å². The number of amides is 1. The highest BCUT2D eigenvalue weighted by Crippen LogP contribution is 2.48. The maximum absolute atomic E-state index is 12.0. The van der Waals surface area contributed by atoms with Gasteiger partial charge in [-0.1, -0.05) is 18.2 Å². The highest BCUT2D eigenvalue weighted by molar-refractivity contribution is 5.78. The molecule has 1 aromatic rings. The Bertz CT molecular complexity index is 454. The Balaban J connectivity index is 1.47. The van der Waals surface area contributed by atoms with Gasteiger partial charge < -0.3 is 14.8 Å². The van der Waals surface area contributed by atoms with Crippen molar-refractivity contribution in [3.05, 3.63) is 30.3 Å². The average Bonchev–Trinajstić information content (AvgIpc) is 2.51. The van der Waals surface area contributed by atoms with E-state index in [4.69, 9.17) is 9.47 Å². The van der Waals surface area contributed by atoms with Crippen LogP contribution >= 0.6 is 0 Å². The van der Waals surface area contributed by atoms with Crippen molar-refractivity contribution < 1.29 is 14.3 Å². The van der Waals surface area contributed by atoms with Gasteiger partial charge in [-0.05, 0) is 43.2 Å². The molecule has 1 unspecified atom stereocenters. The van der Waals surface area contributed by atoms with E-state index in [1.54, 1.807) is 0 Å². The van der Waals surface area contributed by atoms with Gasteiger partial charge in [0.15, 0.2) is 6.61 Å². The van der Waals surface area contributed by atoms with Gasteiger partial charge in [0, 0.05) is 19.3 Å². The minimum absolute atomic E-state index is 0.0237. The molecule has 2 aliphatic rings. The van der Waals surface area contributed by atoms with Crippen molar-refractivity contribution in [1.82, 2.24) is 5.32 Å². The monoisotopic (exact) mass is 275 g/mol. The van der Waals surface area contributed by atoms with E-state index in [1.807, 2.05) is 30.3 Å². The van der Waals surface area contributed by atoms with Crippen LogP contribution < -0.4 is 10.1 Å². The SMILES string of the molecule is O=C(COc1ccccc1)NC1CCC12CCOCC2. The molecule has 108 valence electrons. The molecule has 1 aliphatic carbocycles. The summed E-state index contributed by atoms with van der Waals surface area (Å²) in [4.78, 5) is 12.0. The maximum atomic E-state index is 12.0. The smallest absolute Gasteiger partial charge is 0.258 e. The quantitative estimate of drug-likeness (QED) is 0.916. The average molecular weight is 275 g/mol. The predicted octanol–water partition coefficient (Wildman–Crippen LogP) is 2.14. The lowest BCUT2D eigenvalue weighted by Crippen LogP contribution is -2.57. The van der Waals surface area contributed by atoms with Crippen LogP contribution in [0.2, 0.25) is 0 Å². The van der Waals surface area contributed by atoms with Gasteiger partial charge >= 0.3 is 0 Å². The number of carbonyl (C=O) groups excluding carboxylic acids is 1. The zero-order chi connectivity index (χ0) is 13.8. The van der Waals surface area contributed by atoms with E-state index in [0.717, 1.165) is 38.2 Å². The fraction of sp³-hybridized carbons (Fsp3) is 0.562. The van der Waals surface area contributed by atoms with Crippen molar-refractivity contribution in [3.8, 4) is 5.75 Å². The van der Waals surface area contributed by atoms with E-state index < -0.39 is 0 Å². The molecule has 1 amide bonds. The lowest BCUT2D eigenvalue weighted by atomic mass is 9.60. The number of carbonyl (C=O) groups is 1. The van der Waals surface area contributed by atoms with Gasteiger partial charge in [-0.2, -0.15) is 0 Å². The van der Waals surface area contributed by atoms with Crippen LogP contribution in [0.4, 0.5) is 0 Å². The second-order valence-corrected chi connectivity index (χ2v) is 5.74. The summed E-state index contributed by atoms with van der Waals surface area (Å²) in [5.74, 6) is 0.710. The summed E-state index contributed by atoms with van der Waals surface area (Å²) in [5, 5.41) is 3.13. The summed E-state index contributed by atoms with van der Waals surface area (Å²) >= 11 is 0. The first-order chi connectivity index (χ1) is 9.78. The lowest BCUT2D eigenvalue weighted by molar-refractivity contribution is -0.129.